The lowest BCUT2D eigenvalue weighted by atomic mass is 9.94. The maximum Gasteiger partial charge on any atom is 0.242 e. The smallest absolute Gasteiger partial charge is 0.242 e. The minimum Gasteiger partial charge on any atom is -0.332 e. The van der Waals surface area contributed by atoms with E-state index in [-0.39, 0.29) is 24.4 Å². The molecule has 2 amide bonds. The quantitative estimate of drug-likeness (QED) is 0.638. The van der Waals surface area contributed by atoms with E-state index in [1.54, 1.807) is 11.3 Å². The molecule has 28 heavy (non-hydrogen) atoms. The SMILES string of the molecule is CCC(=O)N(CC(=O)N(Cc1ccccc1)Cc1cccs1)C1CCCCC1. The average Bonchev–Trinajstić information content (AvgIpc) is 3.25. The lowest BCUT2D eigenvalue weighted by Gasteiger charge is -2.35. The van der Waals surface area contributed by atoms with Gasteiger partial charge in [-0.25, -0.2) is 0 Å². The van der Waals surface area contributed by atoms with E-state index >= 15 is 0 Å². The van der Waals surface area contributed by atoms with Gasteiger partial charge in [-0.3, -0.25) is 9.59 Å². The highest BCUT2D eigenvalue weighted by molar-refractivity contribution is 7.09. The number of amides is 2. The molecule has 1 saturated carbocycles. The Morgan fingerprint density at radius 3 is 2.36 bits per heavy atom. The van der Waals surface area contributed by atoms with Gasteiger partial charge in [-0.15, -0.1) is 11.3 Å². The molecule has 0 atom stereocenters. The number of hydrogen-bond donors (Lipinski definition) is 0. The first-order chi connectivity index (χ1) is 13.7. The molecule has 1 aliphatic carbocycles. The van der Waals surface area contributed by atoms with E-state index in [4.69, 9.17) is 0 Å². The van der Waals surface area contributed by atoms with Crippen LogP contribution in [0, 0.1) is 0 Å². The lowest BCUT2D eigenvalue weighted by molar-refractivity contribution is -0.143. The van der Waals surface area contributed by atoms with Crippen molar-refractivity contribution in [2.45, 2.75) is 64.6 Å². The van der Waals surface area contributed by atoms with Crippen LogP contribution in [0.1, 0.15) is 55.9 Å². The highest BCUT2D eigenvalue weighted by atomic mass is 32.1. The van der Waals surface area contributed by atoms with Crippen LogP contribution in [0.4, 0.5) is 0 Å². The third-order valence-corrected chi connectivity index (χ3v) is 6.30. The summed E-state index contributed by atoms with van der Waals surface area (Å²) in [6.07, 6.45) is 6.01. The van der Waals surface area contributed by atoms with E-state index in [0.717, 1.165) is 36.1 Å². The number of carbonyl (C=O) groups excluding carboxylic acids is 2. The Bertz CT molecular complexity index is 739. The van der Waals surface area contributed by atoms with Crippen LogP contribution in [0.5, 0.6) is 0 Å². The van der Waals surface area contributed by atoms with Crippen molar-refractivity contribution in [2.24, 2.45) is 0 Å². The Hall–Kier alpha value is -2.14. The molecular formula is C23H30N2O2S. The van der Waals surface area contributed by atoms with Gasteiger partial charge in [0.25, 0.3) is 0 Å². The van der Waals surface area contributed by atoms with Gasteiger partial charge in [0.1, 0.15) is 6.54 Å². The maximum absolute atomic E-state index is 13.3. The van der Waals surface area contributed by atoms with Crippen molar-refractivity contribution in [3.05, 3.63) is 58.3 Å². The zero-order valence-corrected chi connectivity index (χ0v) is 17.5. The van der Waals surface area contributed by atoms with E-state index in [1.807, 2.05) is 58.5 Å². The van der Waals surface area contributed by atoms with Gasteiger partial charge in [0.15, 0.2) is 0 Å². The Labute approximate surface area is 172 Å². The number of carbonyl (C=O) groups is 2. The second kappa shape index (κ2) is 10.4. The molecule has 0 spiro atoms. The molecule has 1 fully saturated rings. The van der Waals surface area contributed by atoms with Crippen LogP contribution < -0.4 is 0 Å². The van der Waals surface area contributed by atoms with Gasteiger partial charge in [-0.2, -0.15) is 0 Å². The summed E-state index contributed by atoms with van der Waals surface area (Å²) in [7, 11) is 0. The van der Waals surface area contributed by atoms with Gasteiger partial charge < -0.3 is 9.80 Å². The molecule has 4 nitrogen and oxygen atoms in total. The van der Waals surface area contributed by atoms with Crippen LogP contribution in [0.15, 0.2) is 47.8 Å². The Kier molecular flexibility index (Phi) is 7.66. The molecule has 1 aromatic heterocycles. The van der Waals surface area contributed by atoms with Crippen LogP contribution in [-0.4, -0.2) is 34.2 Å². The molecule has 2 aromatic rings. The molecule has 0 saturated heterocycles. The monoisotopic (exact) mass is 398 g/mol. The number of hydrogen-bond acceptors (Lipinski definition) is 3. The fourth-order valence-corrected chi connectivity index (χ4v) is 4.61. The summed E-state index contributed by atoms with van der Waals surface area (Å²) < 4.78 is 0. The fourth-order valence-electron chi connectivity index (χ4n) is 3.89. The molecule has 3 rings (SSSR count). The number of benzene rings is 1. The lowest BCUT2D eigenvalue weighted by Crippen LogP contribution is -2.47. The summed E-state index contributed by atoms with van der Waals surface area (Å²) in [5.74, 6) is 0.126. The van der Waals surface area contributed by atoms with Crippen LogP contribution in [-0.2, 0) is 22.7 Å². The summed E-state index contributed by atoms with van der Waals surface area (Å²) in [4.78, 5) is 30.8. The fraction of sp³-hybridized carbons (Fsp3) is 0.478. The first-order valence-electron chi connectivity index (χ1n) is 10.3. The van der Waals surface area contributed by atoms with Gasteiger partial charge in [0.2, 0.25) is 11.8 Å². The van der Waals surface area contributed by atoms with E-state index in [0.29, 0.717) is 19.5 Å². The Morgan fingerprint density at radius 1 is 0.964 bits per heavy atom. The van der Waals surface area contributed by atoms with Crippen molar-refractivity contribution in [1.82, 2.24) is 9.80 Å². The average molecular weight is 399 g/mol. The summed E-state index contributed by atoms with van der Waals surface area (Å²) in [6, 6.07) is 14.4. The topological polar surface area (TPSA) is 40.6 Å². The maximum atomic E-state index is 13.3. The van der Waals surface area contributed by atoms with Crippen LogP contribution in [0.25, 0.3) is 0 Å². The van der Waals surface area contributed by atoms with Gasteiger partial charge in [0, 0.05) is 23.9 Å². The zero-order chi connectivity index (χ0) is 19.8. The molecule has 1 aromatic carbocycles. The largest absolute Gasteiger partial charge is 0.332 e. The molecule has 1 aliphatic rings. The number of rotatable bonds is 8. The van der Waals surface area contributed by atoms with E-state index < -0.39 is 0 Å². The molecule has 1 heterocycles. The van der Waals surface area contributed by atoms with Crippen molar-refractivity contribution in [2.75, 3.05) is 6.54 Å². The minimum atomic E-state index is 0.0321. The predicted molar refractivity (Wildman–Crippen MR) is 114 cm³/mol. The van der Waals surface area contributed by atoms with Crippen molar-refractivity contribution < 1.29 is 9.59 Å². The van der Waals surface area contributed by atoms with Gasteiger partial charge in [-0.05, 0) is 29.9 Å². The van der Waals surface area contributed by atoms with E-state index in [2.05, 4.69) is 6.07 Å². The Balaban J connectivity index is 1.74. The molecule has 0 unspecified atom stereocenters. The molecule has 0 aliphatic heterocycles. The summed E-state index contributed by atoms with van der Waals surface area (Å²) in [5.41, 5.74) is 1.11. The van der Waals surface area contributed by atoms with Crippen molar-refractivity contribution in [3.63, 3.8) is 0 Å². The first-order valence-corrected chi connectivity index (χ1v) is 11.2. The summed E-state index contributed by atoms with van der Waals surface area (Å²) >= 11 is 1.66. The molecule has 0 N–H and O–H groups in total. The van der Waals surface area contributed by atoms with E-state index in [9.17, 15) is 9.59 Å². The first kappa shape index (κ1) is 20.6. The van der Waals surface area contributed by atoms with Crippen molar-refractivity contribution in [1.29, 1.82) is 0 Å². The molecule has 150 valence electrons. The summed E-state index contributed by atoms with van der Waals surface area (Å²) in [6.45, 7) is 3.23. The predicted octanol–water partition coefficient (Wildman–Crippen LogP) is 4.85. The van der Waals surface area contributed by atoms with Gasteiger partial charge in [0.05, 0.1) is 6.54 Å². The molecule has 5 heteroatoms. The molecule has 0 radical (unpaired) electrons. The number of nitrogens with zero attached hydrogens (tertiary/aromatic N) is 2. The normalized spacial score (nSPS) is 14.6. The van der Waals surface area contributed by atoms with Crippen LogP contribution in [0.2, 0.25) is 0 Å². The number of thiophene rings is 1. The Morgan fingerprint density at radius 2 is 1.71 bits per heavy atom. The van der Waals surface area contributed by atoms with Crippen molar-refractivity contribution >= 4 is 23.2 Å². The van der Waals surface area contributed by atoms with E-state index in [1.165, 1.54) is 6.42 Å². The second-order valence-electron chi connectivity index (χ2n) is 7.48. The highest BCUT2D eigenvalue weighted by Crippen LogP contribution is 2.24. The van der Waals surface area contributed by atoms with Crippen LogP contribution >= 0.6 is 11.3 Å². The summed E-state index contributed by atoms with van der Waals surface area (Å²) in [5, 5.41) is 2.04. The second-order valence-corrected chi connectivity index (χ2v) is 8.51. The molecular weight excluding hydrogens is 368 g/mol. The van der Waals surface area contributed by atoms with Crippen LogP contribution in [0.3, 0.4) is 0 Å². The molecule has 0 bridgehead atoms. The van der Waals surface area contributed by atoms with Gasteiger partial charge >= 0.3 is 0 Å². The van der Waals surface area contributed by atoms with Gasteiger partial charge in [-0.1, -0.05) is 62.6 Å². The minimum absolute atomic E-state index is 0.0321. The third kappa shape index (κ3) is 5.68. The standard InChI is InChI=1S/C23H30N2O2S/c1-2-22(26)25(20-12-7-4-8-13-20)18-23(27)24(17-21-14-9-15-28-21)16-19-10-5-3-6-11-19/h3,5-6,9-11,14-15,20H,2,4,7-8,12-13,16-18H2,1H3. The third-order valence-electron chi connectivity index (χ3n) is 5.44. The highest BCUT2D eigenvalue weighted by Gasteiger charge is 2.28. The zero-order valence-electron chi connectivity index (χ0n) is 16.7. The van der Waals surface area contributed by atoms with Crippen molar-refractivity contribution in [3.8, 4) is 0 Å².